The number of esters is 1. The highest BCUT2D eigenvalue weighted by molar-refractivity contribution is 5.77. The predicted octanol–water partition coefficient (Wildman–Crippen LogP) is 16.0. The maximum Gasteiger partial charge on any atom is 0.306 e. The van der Waals surface area contributed by atoms with E-state index in [1.165, 1.54) is 128 Å². The van der Waals surface area contributed by atoms with Crippen LogP contribution in [-0.2, 0) is 14.3 Å². The normalized spacial score (nSPS) is 13.7. The molecule has 0 aromatic heterocycles. The Morgan fingerprint density at radius 1 is 0.484 bits per heavy atom. The van der Waals surface area contributed by atoms with Crippen LogP contribution in [0.1, 0.15) is 258 Å². The summed E-state index contributed by atoms with van der Waals surface area (Å²) in [7, 11) is 0. The van der Waals surface area contributed by atoms with Gasteiger partial charge in [0.05, 0.1) is 25.2 Å². The highest BCUT2D eigenvalue weighted by atomic mass is 16.5. The Kier molecular flexibility index (Phi) is 47.6. The van der Waals surface area contributed by atoms with Gasteiger partial charge in [0, 0.05) is 6.42 Å². The lowest BCUT2D eigenvalue weighted by Gasteiger charge is -2.24. The summed E-state index contributed by atoms with van der Waals surface area (Å²) < 4.78 is 5.91. The number of hydrogen-bond donors (Lipinski definition) is 3. The molecule has 0 fully saturated rings. The van der Waals surface area contributed by atoms with Gasteiger partial charge in [-0.2, -0.15) is 0 Å². The molecule has 0 heterocycles. The first-order valence-corrected chi connectivity index (χ1v) is 26.5. The quantitative estimate of drug-likeness (QED) is 0.0322. The highest BCUT2D eigenvalue weighted by Crippen LogP contribution is 2.17. The monoisotopic (exact) mass is 868 g/mol. The van der Waals surface area contributed by atoms with Crippen molar-refractivity contribution in [2.24, 2.45) is 0 Å². The van der Waals surface area contributed by atoms with Crippen molar-refractivity contribution < 1.29 is 24.5 Å². The van der Waals surface area contributed by atoms with Gasteiger partial charge in [-0.1, -0.05) is 242 Å². The van der Waals surface area contributed by atoms with Crippen LogP contribution in [0.3, 0.4) is 0 Å². The number of aliphatic hydroxyl groups excluding tert-OH is 2. The third-order valence-electron chi connectivity index (χ3n) is 11.9. The maximum atomic E-state index is 13.2. The van der Waals surface area contributed by atoms with Crippen molar-refractivity contribution in [2.45, 2.75) is 277 Å². The zero-order chi connectivity index (χ0) is 45.2. The molecule has 0 rings (SSSR count). The Morgan fingerprint density at radius 3 is 1.29 bits per heavy atom. The van der Waals surface area contributed by atoms with E-state index >= 15 is 0 Å². The van der Waals surface area contributed by atoms with Gasteiger partial charge in [0.1, 0.15) is 6.10 Å². The zero-order valence-corrected chi connectivity index (χ0v) is 41.0. The van der Waals surface area contributed by atoms with Crippen LogP contribution in [-0.4, -0.2) is 46.9 Å². The summed E-state index contributed by atoms with van der Waals surface area (Å²) in [5, 5.41) is 23.8. The molecule has 6 nitrogen and oxygen atoms in total. The largest absolute Gasteiger partial charge is 0.462 e. The Morgan fingerprint density at radius 2 is 0.871 bits per heavy atom. The van der Waals surface area contributed by atoms with E-state index < -0.39 is 18.2 Å². The van der Waals surface area contributed by atoms with Crippen LogP contribution in [0.15, 0.2) is 60.8 Å². The van der Waals surface area contributed by atoms with E-state index in [4.69, 9.17) is 4.74 Å². The van der Waals surface area contributed by atoms with E-state index in [1.54, 1.807) is 0 Å². The number of rotatable bonds is 47. The molecular weight excluding hydrogens is 767 g/mol. The maximum absolute atomic E-state index is 13.2. The van der Waals surface area contributed by atoms with E-state index in [2.05, 4.69) is 86.8 Å². The topological polar surface area (TPSA) is 95.9 Å². The third kappa shape index (κ3) is 44.2. The lowest BCUT2D eigenvalue weighted by atomic mass is 10.0. The van der Waals surface area contributed by atoms with Crippen molar-refractivity contribution in [1.82, 2.24) is 5.32 Å². The molecule has 3 N–H and O–H groups in total. The Balaban J connectivity index is 4.68. The molecule has 0 saturated carbocycles. The van der Waals surface area contributed by atoms with Crippen LogP contribution in [0.25, 0.3) is 0 Å². The molecule has 0 aromatic rings. The van der Waals surface area contributed by atoms with E-state index in [9.17, 15) is 19.8 Å². The van der Waals surface area contributed by atoms with Gasteiger partial charge in [-0.05, 0) is 64.2 Å². The fraction of sp³-hybridized carbons (Fsp3) is 0.786. The van der Waals surface area contributed by atoms with Gasteiger partial charge >= 0.3 is 5.97 Å². The van der Waals surface area contributed by atoms with Crippen molar-refractivity contribution in [3.05, 3.63) is 60.8 Å². The first-order chi connectivity index (χ1) is 30.5. The minimum Gasteiger partial charge on any atom is -0.462 e. The molecule has 0 spiro atoms. The van der Waals surface area contributed by atoms with E-state index in [1.807, 2.05) is 0 Å². The molecule has 0 aliphatic heterocycles. The molecule has 62 heavy (non-hydrogen) atoms. The standard InChI is InChI=1S/C56H101NO5/c1-4-7-10-13-16-19-22-25-26-27-28-31-32-35-38-41-44-47-52(62-56(61)49-46-43-40-37-34-30-24-21-18-15-12-9-6-3)50-55(60)57-53(51-58)54(59)48-45-42-39-36-33-29-23-20-17-14-11-8-5-2/h7,10,16,19,25-26,28,31,35,38,52-54,58-59H,4-6,8-9,11-15,17-18,20-24,27,29-30,32-34,36-37,39-51H2,1-3H3,(H,57,60)/b10-7-,19-16-,26-25-,31-28-,38-35-. The minimum atomic E-state index is -0.802. The molecular formula is C56H101NO5. The second kappa shape index (κ2) is 49.6. The summed E-state index contributed by atoms with van der Waals surface area (Å²) in [6, 6.07) is -0.719. The Labute approximate surface area is 384 Å². The third-order valence-corrected chi connectivity index (χ3v) is 11.9. The molecule has 0 aliphatic carbocycles. The molecule has 3 atom stereocenters. The van der Waals surface area contributed by atoms with Gasteiger partial charge in [-0.25, -0.2) is 0 Å². The van der Waals surface area contributed by atoms with Gasteiger partial charge in [-0.3, -0.25) is 9.59 Å². The molecule has 1 amide bonds. The Bertz CT molecular complexity index is 1110. The average molecular weight is 868 g/mol. The lowest BCUT2D eigenvalue weighted by Crippen LogP contribution is -2.46. The fourth-order valence-electron chi connectivity index (χ4n) is 7.87. The number of unbranched alkanes of at least 4 members (excludes halogenated alkanes) is 25. The van der Waals surface area contributed by atoms with E-state index in [0.717, 1.165) is 83.5 Å². The summed E-state index contributed by atoms with van der Waals surface area (Å²) >= 11 is 0. The molecule has 3 unspecified atom stereocenters. The number of allylic oxidation sites excluding steroid dienone is 10. The number of amides is 1. The summed E-state index contributed by atoms with van der Waals surface area (Å²) in [6.45, 7) is 6.36. The van der Waals surface area contributed by atoms with E-state index in [-0.39, 0.29) is 24.9 Å². The summed E-state index contributed by atoms with van der Waals surface area (Å²) in [5.41, 5.74) is 0. The van der Waals surface area contributed by atoms with Crippen molar-refractivity contribution in [3.8, 4) is 0 Å². The number of aliphatic hydroxyl groups is 2. The van der Waals surface area contributed by atoms with Gasteiger partial charge in [-0.15, -0.1) is 0 Å². The first-order valence-electron chi connectivity index (χ1n) is 26.5. The molecule has 0 saturated heterocycles. The number of hydrogen-bond acceptors (Lipinski definition) is 5. The molecule has 0 aliphatic rings. The smallest absolute Gasteiger partial charge is 0.306 e. The molecule has 0 aromatic carbocycles. The van der Waals surface area contributed by atoms with Crippen LogP contribution < -0.4 is 5.32 Å². The highest BCUT2D eigenvalue weighted by Gasteiger charge is 2.24. The molecule has 0 bridgehead atoms. The van der Waals surface area contributed by atoms with Gasteiger partial charge in [0.2, 0.25) is 5.91 Å². The number of carbonyl (C=O) groups is 2. The number of ether oxygens (including phenoxy) is 1. The summed E-state index contributed by atoms with van der Waals surface area (Å²) in [6.07, 6.45) is 61.4. The first kappa shape index (κ1) is 59.6. The second-order valence-electron chi connectivity index (χ2n) is 17.9. The SMILES string of the molecule is CC/C=C\C/C=C\C/C=C\C/C=C\C/C=C\CCCC(CC(=O)NC(CO)C(O)CCCCCCCCCCCCCCC)OC(=O)CCCCCCCCCCCCCCC. The summed E-state index contributed by atoms with van der Waals surface area (Å²) in [5.74, 6) is -0.524. The number of carbonyl (C=O) groups excluding carboxylic acids is 2. The molecule has 360 valence electrons. The van der Waals surface area contributed by atoms with Crippen molar-refractivity contribution in [3.63, 3.8) is 0 Å². The average Bonchev–Trinajstić information content (AvgIpc) is 3.26. The molecule has 6 heteroatoms. The fourth-order valence-corrected chi connectivity index (χ4v) is 7.87. The van der Waals surface area contributed by atoms with Crippen molar-refractivity contribution in [1.29, 1.82) is 0 Å². The minimum absolute atomic E-state index is 0.0397. The van der Waals surface area contributed by atoms with Crippen LogP contribution >= 0.6 is 0 Å². The van der Waals surface area contributed by atoms with Crippen molar-refractivity contribution >= 4 is 11.9 Å². The van der Waals surface area contributed by atoms with Crippen LogP contribution in [0.2, 0.25) is 0 Å². The van der Waals surface area contributed by atoms with Crippen LogP contribution in [0.5, 0.6) is 0 Å². The van der Waals surface area contributed by atoms with E-state index in [0.29, 0.717) is 19.3 Å². The van der Waals surface area contributed by atoms with Gasteiger partial charge in [0.25, 0.3) is 0 Å². The van der Waals surface area contributed by atoms with Gasteiger partial charge in [0.15, 0.2) is 0 Å². The van der Waals surface area contributed by atoms with Crippen LogP contribution in [0.4, 0.5) is 0 Å². The Hall–Kier alpha value is -2.44. The zero-order valence-electron chi connectivity index (χ0n) is 41.0. The second-order valence-corrected chi connectivity index (χ2v) is 17.9. The predicted molar refractivity (Wildman–Crippen MR) is 268 cm³/mol. The molecule has 0 radical (unpaired) electrons. The van der Waals surface area contributed by atoms with Gasteiger partial charge < -0.3 is 20.3 Å². The van der Waals surface area contributed by atoms with Crippen LogP contribution in [0, 0.1) is 0 Å². The number of nitrogens with one attached hydrogen (secondary N) is 1. The van der Waals surface area contributed by atoms with Crippen molar-refractivity contribution in [2.75, 3.05) is 6.61 Å². The summed E-state index contributed by atoms with van der Waals surface area (Å²) in [4.78, 5) is 26.2. The lowest BCUT2D eigenvalue weighted by molar-refractivity contribution is -0.151.